The van der Waals surface area contributed by atoms with Crippen LogP contribution in [0.3, 0.4) is 0 Å². The Balaban J connectivity index is 1.80. The highest BCUT2D eigenvalue weighted by Gasteiger charge is 2.15. The van der Waals surface area contributed by atoms with E-state index in [1.165, 1.54) is 11.1 Å². The molecule has 0 aromatic heterocycles. The minimum Gasteiger partial charge on any atom is -0.493 e. The lowest BCUT2D eigenvalue weighted by Crippen LogP contribution is -2.07. The van der Waals surface area contributed by atoms with Crippen LogP contribution >= 0.6 is 31.9 Å². The number of hydrogen-bond donors (Lipinski definition) is 1. The Labute approximate surface area is 135 Å². The molecule has 0 radical (unpaired) electrons. The Bertz CT molecular complexity index is 642. The summed E-state index contributed by atoms with van der Waals surface area (Å²) in [7, 11) is 0. The van der Waals surface area contributed by atoms with Crippen LogP contribution in [0.5, 0.6) is 5.75 Å². The molecule has 1 heterocycles. The quantitative estimate of drug-likeness (QED) is 0.757. The van der Waals surface area contributed by atoms with Gasteiger partial charge in [0.1, 0.15) is 5.75 Å². The van der Waals surface area contributed by atoms with Gasteiger partial charge in [-0.25, -0.2) is 0 Å². The molecule has 3 rings (SSSR count). The zero-order valence-corrected chi connectivity index (χ0v) is 14.3. The van der Waals surface area contributed by atoms with Gasteiger partial charge in [-0.15, -0.1) is 0 Å². The summed E-state index contributed by atoms with van der Waals surface area (Å²) >= 11 is 7.05. The third-order valence-corrected chi connectivity index (χ3v) is 4.67. The Kier molecular flexibility index (Phi) is 4.03. The smallest absolute Gasteiger partial charge is 0.122 e. The van der Waals surface area contributed by atoms with Gasteiger partial charge in [0.05, 0.1) is 6.61 Å². The third kappa shape index (κ3) is 2.86. The lowest BCUT2D eigenvalue weighted by Gasteiger charge is -2.17. The van der Waals surface area contributed by atoms with E-state index in [-0.39, 0.29) is 6.04 Å². The number of halogens is 2. The first-order chi connectivity index (χ1) is 9.63. The Morgan fingerprint density at radius 2 is 2.00 bits per heavy atom. The van der Waals surface area contributed by atoms with Crippen molar-refractivity contribution in [2.24, 2.45) is 0 Å². The second-order valence-corrected chi connectivity index (χ2v) is 6.73. The molecule has 0 fully saturated rings. The molecule has 0 saturated carbocycles. The van der Waals surface area contributed by atoms with Gasteiger partial charge in [0.2, 0.25) is 0 Å². The minimum atomic E-state index is 0.248. The molecule has 0 bridgehead atoms. The molecule has 0 spiro atoms. The molecule has 0 amide bonds. The fraction of sp³-hybridized carbons (Fsp3) is 0.250. The van der Waals surface area contributed by atoms with E-state index < -0.39 is 0 Å². The van der Waals surface area contributed by atoms with Crippen LogP contribution < -0.4 is 10.1 Å². The van der Waals surface area contributed by atoms with Crippen LogP contribution in [0.15, 0.2) is 45.3 Å². The van der Waals surface area contributed by atoms with Crippen LogP contribution in [0.2, 0.25) is 0 Å². The summed E-state index contributed by atoms with van der Waals surface area (Å²) in [5, 5.41) is 3.54. The number of nitrogens with one attached hydrogen (secondary N) is 1. The molecule has 20 heavy (non-hydrogen) atoms. The summed E-state index contributed by atoms with van der Waals surface area (Å²) in [4.78, 5) is 0. The summed E-state index contributed by atoms with van der Waals surface area (Å²) in [6, 6.07) is 12.9. The zero-order chi connectivity index (χ0) is 14.1. The van der Waals surface area contributed by atoms with Crippen LogP contribution in [0.4, 0.5) is 5.69 Å². The maximum absolute atomic E-state index is 5.55. The maximum Gasteiger partial charge on any atom is 0.122 e. The van der Waals surface area contributed by atoms with Crippen LogP contribution in [-0.4, -0.2) is 6.61 Å². The van der Waals surface area contributed by atoms with Crippen molar-refractivity contribution in [3.05, 3.63) is 56.5 Å². The molecule has 4 heteroatoms. The number of ether oxygens (including phenoxy) is 1. The Morgan fingerprint density at radius 1 is 1.15 bits per heavy atom. The zero-order valence-electron chi connectivity index (χ0n) is 11.1. The molecule has 1 N–H and O–H groups in total. The van der Waals surface area contributed by atoms with Crippen molar-refractivity contribution < 1.29 is 4.74 Å². The van der Waals surface area contributed by atoms with Crippen molar-refractivity contribution >= 4 is 37.5 Å². The normalized spacial score (nSPS) is 14.6. The summed E-state index contributed by atoms with van der Waals surface area (Å²) in [5.74, 6) is 1.03. The number of benzene rings is 2. The van der Waals surface area contributed by atoms with Crippen LogP contribution in [0, 0.1) is 0 Å². The van der Waals surface area contributed by atoms with E-state index >= 15 is 0 Å². The SMILES string of the molecule is CC(Nc1ccc(Br)cc1Br)c1ccc2c(c1)CCO2. The van der Waals surface area contributed by atoms with Crippen molar-refractivity contribution in [1.82, 2.24) is 0 Å². The molecule has 1 aliphatic rings. The fourth-order valence-electron chi connectivity index (χ4n) is 2.40. The molecule has 1 unspecified atom stereocenters. The predicted octanol–water partition coefficient (Wildman–Crippen LogP) is 5.32. The van der Waals surface area contributed by atoms with Gasteiger partial charge < -0.3 is 10.1 Å². The molecule has 104 valence electrons. The van der Waals surface area contributed by atoms with Crippen molar-refractivity contribution in [1.29, 1.82) is 0 Å². The largest absolute Gasteiger partial charge is 0.493 e. The maximum atomic E-state index is 5.55. The van der Waals surface area contributed by atoms with Gasteiger partial charge in [0.15, 0.2) is 0 Å². The first-order valence-electron chi connectivity index (χ1n) is 6.61. The van der Waals surface area contributed by atoms with Gasteiger partial charge >= 0.3 is 0 Å². The summed E-state index contributed by atoms with van der Waals surface area (Å²) < 4.78 is 7.68. The van der Waals surface area contributed by atoms with Crippen molar-refractivity contribution in [2.45, 2.75) is 19.4 Å². The third-order valence-electron chi connectivity index (χ3n) is 3.52. The van der Waals surface area contributed by atoms with Gasteiger partial charge in [-0.05, 0) is 64.3 Å². The molecule has 2 aromatic carbocycles. The van der Waals surface area contributed by atoms with Gasteiger partial charge in [-0.1, -0.05) is 22.0 Å². The topological polar surface area (TPSA) is 21.3 Å². The number of rotatable bonds is 3. The lowest BCUT2D eigenvalue weighted by molar-refractivity contribution is 0.357. The number of fused-ring (bicyclic) bond motifs is 1. The highest BCUT2D eigenvalue weighted by atomic mass is 79.9. The van der Waals surface area contributed by atoms with E-state index in [9.17, 15) is 0 Å². The fourth-order valence-corrected chi connectivity index (χ4v) is 3.56. The van der Waals surface area contributed by atoms with E-state index in [0.717, 1.165) is 33.4 Å². The molecule has 1 aliphatic heterocycles. The summed E-state index contributed by atoms with van der Waals surface area (Å²) in [6.45, 7) is 2.98. The monoisotopic (exact) mass is 395 g/mol. The van der Waals surface area contributed by atoms with E-state index in [1.54, 1.807) is 0 Å². The molecule has 0 aliphatic carbocycles. The van der Waals surface area contributed by atoms with Crippen molar-refractivity contribution in [3.63, 3.8) is 0 Å². The first-order valence-corrected chi connectivity index (χ1v) is 8.19. The average molecular weight is 397 g/mol. The van der Waals surface area contributed by atoms with Crippen LogP contribution in [-0.2, 0) is 6.42 Å². The molecule has 2 nitrogen and oxygen atoms in total. The van der Waals surface area contributed by atoms with E-state index in [4.69, 9.17) is 4.74 Å². The van der Waals surface area contributed by atoms with Gasteiger partial charge in [-0.2, -0.15) is 0 Å². The molecule has 1 atom stereocenters. The minimum absolute atomic E-state index is 0.248. The number of hydrogen-bond acceptors (Lipinski definition) is 2. The summed E-state index contributed by atoms with van der Waals surface area (Å²) in [5.41, 5.74) is 3.69. The standard InChI is InChI=1S/C16H15Br2NO/c1-10(19-15-4-3-13(17)9-14(15)18)11-2-5-16-12(8-11)6-7-20-16/h2-5,8-10,19H,6-7H2,1H3. The number of anilines is 1. The van der Waals surface area contributed by atoms with E-state index in [0.29, 0.717) is 0 Å². The van der Waals surface area contributed by atoms with Crippen LogP contribution in [0.1, 0.15) is 24.1 Å². The van der Waals surface area contributed by atoms with Gasteiger partial charge in [0.25, 0.3) is 0 Å². The van der Waals surface area contributed by atoms with Crippen molar-refractivity contribution in [3.8, 4) is 5.75 Å². The van der Waals surface area contributed by atoms with E-state index in [2.05, 4.69) is 68.4 Å². The Hall–Kier alpha value is -1.00. The molecular weight excluding hydrogens is 382 g/mol. The average Bonchev–Trinajstić information content (AvgIpc) is 2.89. The van der Waals surface area contributed by atoms with Gasteiger partial charge in [0, 0.05) is 27.1 Å². The second kappa shape index (κ2) is 5.78. The molecule has 2 aromatic rings. The van der Waals surface area contributed by atoms with E-state index in [1.807, 2.05) is 12.1 Å². The lowest BCUT2D eigenvalue weighted by atomic mass is 10.0. The molecular formula is C16H15Br2NO. The summed E-state index contributed by atoms with van der Waals surface area (Å²) in [6.07, 6.45) is 1.01. The highest BCUT2D eigenvalue weighted by molar-refractivity contribution is 9.11. The first kappa shape index (κ1) is 14.0. The highest BCUT2D eigenvalue weighted by Crippen LogP contribution is 2.32. The van der Waals surface area contributed by atoms with Crippen LogP contribution in [0.25, 0.3) is 0 Å². The Morgan fingerprint density at radius 3 is 2.80 bits per heavy atom. The van der Waals surface area contributed by atoms with Gasteiger partial charge in [-0.3, -0.25) is 0 Å². The molecule has 0 saturated heterocycles. The predicted molar refractivity (Wildman–Crippen MR) is 89.5 cm³/mol. The second-order valence-electron chi connectivity index (χ2n) is 4.96. The van der Waals surface area contributed by atoms with Crippen molar-refractivity contribution in [2.75, 3.05) is 11.9 Å².